The highest BCUT2D eigenvalue weighted by atomic mass is 16.3. The van der Waals surface area contributed by atoms with Crippen molar-refractivity contribution in [3.63, 3.8) is 0 Å². The minimum Gasteiger partial charge on any atom is -0.459 e. The molecule has 0 bridgehead atoms. The number of amides is 2. The molecule has 4 rings (SSSR count). The lowest BCUT2D eigenvalue weighted by atomic mass is 10.0. The van der Waals surface area contributed by atoms with E-state index in [9.17, 15) is 9.59 Å². The molecule has 1 saturated carbocycles. The normalized spacial score (nSPS) is 13.3. The fourth-order valence-electron chi connectivity index (χ4n) is 3.45. The van der Waals surface area contributed by atoms with Gasteiger partial charge in [-0.15, -0.1) is 0 Å². The maximum Gasteiger partial charge on any atom is 0.291 e. The topological polar surface area (TPSA) is 62.6 Å². The molecule has 5 nitrogen and oxygen atoms in total. The van der Waals surface area contributed by atoms with Gasteiger partial charge >= 0.3 is 0 Å². The van der Waals surface area contributed by atoms with Gasteiger partial charge in [0.15, 0.2) is 5.76 Å². The van der Waals surface area contributed by atoms with Crippen molar-refractivity contribution in [1.82, 2.24) is 4.90 Å². The van der Waals surface area contributed by atoms with Gasteiger partial charge in [-0.1, -0.05) is 44.2 Å². The second kappa shape index (κ2) is 8.57. The van der Waals surface area contributed by atoms with Gasteiger partial charge in [-0.2, -0.15) is 0 Å². The van der Waals surface area contributed by atoms with Gasteiger partial charge in [0.2, 0.25) is 0 Å². The van der Waals surface area contributed by atoms with Crippen LogP contribution in [0.1, 0.15) is 64.6 Å². The quantitative estimate of drug-likeness (QED) is 0.571. The monoisotopic (exact) mass is 402 g/mol. The van der Waals surface area contributed by atoms with Gasteiger partial charge < -0.3 is 14.6 Å². The number of hydrogen-bond acceptors (Lipinski definition) is 3. The first-order chi connectivity index (χ1) is 14.5. The number of nitrogens with one attached hydrogen (secondary N) is 1. The number of carbonyl (C=O) groups excluding carboxylic acids is 2. The van der Waals surface area contributed by atoms with Gasteiger partial charge in [0.1, 0.15) is 0 Å². The summed E-state index contributed by atoms with van der Waals surface area (Å²) in [5.41, 5.74) is 3.56. The molecule has 0 aliphatic heterocycles. The first kappa shape index (κ1) is 20.0. The fourth-order valence-corrected chi connectivity index (χ4v) is 3.45. The van der Waals surface area contributed by atoms with E-state index >= 15 is 0 Å². The Morgan fingerprint density at radius 3 is 2.47 bits per heavy atom. The zero-order valence-corrected chi connectivity index (χ0v) is 17.3. The molecule has 0 saturated heterocycles. The summed E-state index contributed by atoms with van der Waals surface area (Å²) in [5.74, 6) is 0.365. The Morgan fingerprint density at radius 1 is 1.07 bits per heavy atom. The second-order valence-electron chi connectivity index (χ2n) is 8.07. The summed E-state index contributed by atoms with van der Waals surface area (Å²) in [6, 6.07) is 19.1. The van der Waals surface area contributed by atoms with Crippen molar-refractivity contribution in [2.75, 3.05) is 5.32 Å². The molecule has 1 N–H and O–H groups in total. The van der Waals surface area contributed by atoms with Gasteiger partial charge in [-0.3, -0.25) is 9.59 Å². The predicted octanol–water partition coefficient (Wildman–Crippen LogP) is 5.46. The number of furan rings is 1. The average molecular weight is 402 g/mol. The van der Waals surface area contributed by atoms with Crippen molar-refractivity contribution in [2.45, 2.75) is 45.2 Å². The third-order valence-electron chi connectivity index (χ3n) is 5.36. The first-order valence-electron chi connectivity index (χ1n) is 10.4. The molecular formula is C25H26N2O3. The Balaban J connectivity index is 1.49. The van der Waals surface area contributed by atoms with E-state index in [-0.39, 0.29) is 23.6 Å². The molecule has 0 spiro atoms. The van der Waals surface area contributed by atoms with E-state index in [1.807, 2.05) is 4.90 Å². The van der Waals surface area contributed by atoms with E-state index in [2.05, 4.69) is 43.4 Å². The molecule has 2 aromatic carbocycles. The zero-order valence-electron chi connectivity index (χ0n) is 17.3. The molecule has 30 heavy (non-hydrogen) atoms. The second-order valence-corrected chi connectivity index (χ2v) is 8.07. The standard InChI is InChI=1S/C25H26N2O3/c1-17(2)19-10-8-18(9-11-19)16-27(22-12-13-22)25(29)20-5-3-6-21(15-20)26-24(28)23-7-4-14-30-23/h3-11,14-15,17,22H,12-13,16H2,1-2H3,(H,26,28). The predicted molar refractivity (Wildman–Crippen MR) is 117 cm³/mol. The number of carbonyl (C=O) groups is 2. The SMILES string of the molecule is CC(C)c1ccc(CN(C(=O)c2cccc(NC(=O)c3ccco3)c2)C2CC2)cc1. The summed E-state index contributed by atoms with van der Waals surface area (Å²) in [5, 5.41) is 2.79. The van der Waals surface area contributed by atoms with Crippen molar-refractivity contribution < 1.29 is 14.0 Å². The third-order valence-corrected chi connectivity index (χ3v) is 5.36. The Hall–Kier alpha value is -3.34. The smallest absolute Gasteiger partial charge is 0.291 e. The fraction of sp³-hybridized carbons (Fsp3) is 0.280. The van der Waals surface area contributed by atoms with Crippen LogP contribution in [0.2, 0.25) is 0 Å². The minimum atomic E-state index is -0.339. The van der Waals surface area contributed by atoms with Crippen LogP contribution in [-0.2, 0) is 6.54 Å². The maximum absolute atomic E-state index is 13.3. The summed E-state index contributed by atoms with van der Waals surface area (Å²) in [6.07, 6.45) is 3.52. The number of rotatable bonds is 7. The molecule has 1 aliphatic carbocycles. The summed E-state index contributed by atoms with van der Waals surface area (Å²) in [4.78, 5) is 27.4. The van der Waals surface area contributed by atoms with Gasteiger partial charge in [-0.25, -0.2) is 0 Å². The number of hydrogen-bond donors (Lipinski definition) is 1. The molecule has 154 valence electrons. The average Bonchev–Trinajstić information content (AvgIpc) is 3.44. The Labute approximate surface area is 176 Å². The molecule has 0 atom stereocenters. The Kier molecular flexibility index (Phi) is 5.70. The lowest BCUT2D eigenvalue weighted by Gasteiger charge is -2.23. The van der Waals surface area contributed by atoms with Crippen LogP contribution < -0.4 is 5.32 Å². The van der Waals surface area contributed by atoms with E-state index in [1.165, 1.54) is 11.8 Å². The van der Waals surface area contributed by atoms with Gasteiger partial charge in [0.25, 0.3) is 11.8 Å². The van der Waals surface area contributed by atoms with Crippen molar-refractivity contribution in [3.05, 3.63) is 89.4 Å². The van der Waals surface area contributed by atoms with Gasteiger partial charge in [-0.05, 0) is 60.2 Å². The summed E-state index contributed by atoms with van der Waals surface area (Å²) in [6.45, 7) is 4.93. The van der Waals surface area contributed by atoms with Crippen molar-refractivity contribution in [1.29, 1.82) is 0 Å². The molecule has 0 unspecified atom stereocenters. The number of anilines is 1. The van der Waals surface area contributed by atoms with Crippen LogP contribution in [0, 0.1) is 0 Å². The van der Waals surface area contributed by atoms with Crippen LogP contribution in [0.3, 0.4) is 0 Å². The lowest BCUT2D eigenvalue weighted by molar-refractivity contribution is 0.0729. The number of benzene rings is 2. The Bertz CT molecular complexity index is 1020. The highest BCUT2D eigenvalue weighted by molar-refractivity contribution is 6.03. The van der Waals surface area contributed by atoms with Crippen LogP contribution in [0.5, 0.6) is 0 Å². The van der Waals surface area contributed by atoms with Crippen LogP contribution in [0.25, 0.3) is 0 Å². The van der Waals surface area contributed by atoms with Crippen LogP contribution in [0.4, 0.5) is 5.69 Å². The molecule has 5 heteroatoms. The number of nitrogens with zero attached hydrogens (tertiary/aromatic N) is 1. The highest BCUT2D eigenvalue weighted by Gasteiger charge is 2.33. The molecule has 1 aromatic heterocycles. The van der Waals surface area contributed by atoms with Crippen LogP contribution >= 0.6 is 0 Å². The van der Waals surface area contributed by atoms with Crippen molar-refractivity contribution in [3.8, 4) is 0 Å². The molecule has 1 fully saturated rings. The zero-order chi connectivity index (χ0) is 21.1. The molecule has 0 radical (unpaired) electrons. The molecule has 1 aliphatic rings. The molecular weight excluding hydrogens is 376 g/mol. The maximum atomic E-state index is 13.3. The largest absolute Gasteiger partial charge is 0.459 e. The van der Waals surface area contributed by atoms with Gasteiger partial charge in [0.05, 0.1) is 6.26 Å². The van der Waals surface area contributed by atoms with Crippen LogP contribution in [-0.4, -0.2) is 22.8 Å². The lowest BCUT2D eigenvalue weighted by Crippen LogP contribution is -2.32. The minimum absolute atomic E-state index is 0.0143. The summed E-state index contributed by atoms with van der Waals surface area (Å²) >= 11 is 0. The van der Waals surface area contributed by atoms with E-state index in [0.29, 0.717) is 23.7 Å². The van der Waals surface area contributed by atoms with E-state index in [4.69, 9.17) is 4.42 Å². The van der Waals surface area contributed by atoms with Crippen molar-refractivity contribution >= 4 is 17.5 Å². The van der Waals surface area contributed by atoms with E-state index in [0.717, 1.165) is 18.4 Å². The van der Waals surface area contributed by atoms with Crippen molar-refractivity contribution in [2.24, 2.45) is 0 Å². The molecule has 1 heterocycles. The summed E-state index contributed by atoms with van der Waals surface area (Å²) in [7, 11) is 0. The first-order valence-corrected chi connectivity index (χ1v) is 10.4. The Morgan fingerprint density at radius 2 is 1.83 bits per heavy atom. The van der Waals surface area contributed by atoms with Gasteiger partial charge in [0, 0.05) is 23.8 Å². The van der Waals surface area contributed by atoms with E-state index in [1.54, 1.807) is 36.4 Å². The molecule has 3 aromatic rings. The third kappa shape index (κ3) is 4.62. The highest BCUT2D eigenvalue weighted by Crippen LogP contribution is 2.30. The van der Waals surface area contributed by atoms with E-state index < -0.39 is 0 Å². The summed E-state index contributed by atoms with van der Waals surface area (Å²) < 4.78 is 5.13. The molecule has 2 amide bonds. The van der Waals surface area contributed by atoms with Crippen LogP contribution in [0.15, 0.2) is 71.3 Å².